The van der Waals surface area contributed by atoms with E-state index < -0.39 is 9.84 Å². The quantitative estimate of drug-likeness (QED) is 0.852. The molecule has 0 saturated carbocycles. The molecular weight excluding hydrogens is 362 g/mol. The Labute approximate surface area is 151 Å². The number of halogens is 1. The first-order valence-corrected chi connectivity index (χ1v) is 10.0. The van der Waals surface area contributed by atoms with E-state index in [1.165, 1.54) is 6.20 Å². The number of rotatable bonds is 4. The molecule has 1 unspecified atom stereocenters. The average Bonchev–Trinajstić information content (AvgIpc) is 2.89. The lowest BCUT2D eigenvalue weighted by Crippen LogP contribution is -2.35. The number of nitrogens with zero attached hydrogens (tertiary/aromatic N) is 1. The second-order valence-electron chi connectivity index (χ2n) is 6.09. The number of aryl methyl sites for hydroxylation is 1. The maximum atomic E-state index is 12.2. The van der Waals surface area contributed by atoms with Crippen LogP contribution in [0.3, 0.4) is 0 Å². The minimum atomic E-state index is -3.02. The molecule has 1 aromatic carbocycles. The van der Waals surface area contributed by atoms with E-state index in [9.17, 15) is 13.2 Å². The molecule has 1 aliphatic rings. The Morgan fingerprint density at radius 1 is 1.28 bits per heavy atom. The van der Waals surface area contributed by atoms with Crippen molar-refractivity contribution < 1.29 is 13.2 Å². The molecule has 0 radical (unpaired) electrons. The van der Waals surface area contributed by atoms with Gasteiger partial charge in [-0.2, -0.15) is 0 Å². The summed E-state index contributed by atoms with van der Waals surface area (Å²) in [6.45, 7) is 1.94. The summed E-state index contributed by atoms with van der Waals surface area (Å²) in [7, 11) is -3.02. The van der Waals surface area contributed by atoms with Crippen LogP contribution < -0.4 is 10.6 Å². The molecule has 1 aromatic heterocycles. The Kier molecular flexibility index (Phi) is 4.96. The van der Waals surface area contributed by atoms with Crippen LogP contribution in [0.15, 0.2) is 36.5 Å². The van der Waals surface area contributed by atoms with Gasteiger partial charge in [-0.25, -0.2) is 13.4 Å². The zero-order chi connectivity index (χ0) is 18.0. The molecule has 3 rings (SSSR count). The number of carbonyl (C=O) groups excluding carboxylic acids is 1. The predicted molar refractivity (Wildman–Crippen MR) is 98.2 cm³/mol. The second-order valence-corrected chi connectivity index (χ2v) is 8.75. The lowest BCUT2D eigenvalue weighted by atomic mass is 10.2. The van der Waals surface area contributed by atoms with Crippen LogP contribution in [0.2, 0.25) is 5.02 Å². The minimum Gasteiger partial charge on any atom is -0.348 e. The van der Waals surface area contributed by atoms with Crippen LogP contribution in [0, 0.1) is 6.92 Å². The molecule has 2 heterocycles. The second kappa shape index (κ2) is 7.01. The van der Waals surface area contributed by atoms with E-state index in [2.05, 4.69) is 15.6 Å². The normalized spacial score (nSPS) is 18.7. The summed E-state index contributed by atoms with van der Waals surface area (Å²) in [4.78, 5) is 16.4. The summed E-state index contributed by atoms with van der Waals surface area (Å²) in [6.07, 6.45) is 1.92. The van der Waals surface area contributed by atoms with Crippen LogP contribution in [0.5, 0.6) is 0 Å². The van der Waals surface area contributed by atoms with Crippen molar-refractivity contribution in [1.82, 2.24) is 10.3 Å². The van der Waals surface area contributed by atoms with Gasteiger partial charge in [-0.1, -0.05) is 11.6 Å². The van der Waals surface area contributed by atoms with Gasteiger partial charge in [0, 0.05) is 22.9 Å². The molecule has 1 atom stereocenters. The van der Waals surface area contributed by atoms with Gasteiger partial charge >= 0.3 is 0 Å². The topological polar surface area (TPSA) is 88.2 Å². The molecule has 132 valence electrons. The molecule has 1 saturated heterocycles. The number of pyridine rings is 1. The highest BCUT2D eigenvalue weighted by Crippen LogP contribution is 2.22. The highest BCUT2D eigenvalue weighted by Gasteiger charge is 2.29. The van der Waals surface area contributed by atoms with E-state index in [0.717, 1.165) is 11.3 Å². The number of hydrogen-bond acceptors (Lipinski definition) is 5. The third kappa shape index (κ3) is 4.49. The predicted octanol–water partition coefficient (Wildman–Crippen LogP) is 2.70. The van der Waals surface area contributed by atoms with Gasteiger partial charge in [-0.15, -0.1) is 0 Å². The van der Waals surface area contributed by atoms with Gasteiger partial charge in [0.15, 0.2) is 9.84 Å². The molecule has 1 aliphatic heterocycles. The highest BCUT2D eigenvalue weighted by atomic mass is 35.5. The van der Waals surface area contributed by atoms with E-state index in [1.54, 1.807) is 18.2 Å². The average molecular weight is 380 g/mol. The maximum Gasteiger partial charge on any atom is 0.253 e. The van der Waals surface area contributed by atoms with Crippen molar-refractivity contribution in [3.05, 3.63) is 52.7 Å². The van der Waals surface area contributed by atoms with E-state index in [-0.39, 0.29) is 23.5 Å². The Balaban J connectivity index is 1.64. The van der Waals surface area contributed by atoms with Crippen molar-refractivity contribution in [2.24, 2.45) is 0 Å². The lowest BCUT2D eigenvalue weighted by Gasteiger charge is -2.12. The van der Waals surface area contributed by atoms with Crippen LogP contribution >= 0.6 is 11.6 Å². The fraction of sp³-hybridized carbons (Fsp3) is 0.294. The number of amides is 1. The zero-order valence-corrected chi connectivity index (χ0v) is 15.2. The molecule has 6 nitrogen and oxygen atoms in total. The van der Waals surface area contributed by atoms with Gasteiger partial charge in [0.1, 0.15) is 5.82 Å². The van der Waals surface area contributed by atoms with Crippen LogP contribution in [0.1, 0.15) is 22.3 Å². The van der Waals surface area contributed by atoms with Gasteiger partial charge in [0.05, 0.1) is 17.1 Å². The van der Waals surface area contributed by atoms with Crippen LogP contribution in [-0.2, 0) is 9.84 Å². The molecule has 0 aliphatic carbocycles. The van der Waals surface area contributed by atoms with Gasteiger partial charge in [-0.05, 0) is 49.2 Å². The monoisotopic (exact) mass is 379 g/mol. The molecule has 2 N–H and O–H groups in total. The first kappa shape index (κ1) is 17.7. The van der Waals surface area contributed by atoms with Crippen molar-refractivity contribution in [2.45, 2.75) is 19.4 Å². The molecule has 8 heteroatoms. The smallest absolute Gasteiger partial charge is 0.253 e. The summed E-state index contributed by atoms with van der Waals surface area (Å²) in [6, 6.07) is 8.52. The van der Waals surface area contributed by atoms with Gasteiger partial charge < -0.3 is 10.6 Å². The zero-order valence-electron chi connectivity index (χ0n) is 13.6. The van der Waals surface area contributed by atoms with Gasteiger partial charge in [0.25, 0.3) is 5.91 Å². The largest absolute Gasteiger partial charge is 0.348 e. The SMILES string of the molecule is Cc1cc(Cl)ccc1Nc1ccc(C(=O)NC2CCS(=O)(=O)C2)cn1. The summed E-state index contributed by atoms with van der Waals surface area (Å²) in [5.41, 5.74) is 2.26. The summed E-state index contributed by atoms with van der Waals surface area (Å²) in [5.74, 6) is 0.412. The summed E-state index contributed by atoms with van der Waals surface area (Å²) >= 11 is 5.94. The molecule has 2 aromatic rings. The van der Waals surface area contributed by atoms with Crippen LogP contribution in [-0.4, -0.2) is 36.9 Å². The number of sulfone groups is 1. The first-order valence-electron chi connectivity index (χ1n) is 7.83. The summed E-state index contributed by atoms with van der Waals surface area (Å²) < 4.78 is 22.9. The van der Waals surface area contributed by atoms with Crippen LogP contribution in [0.25, 0.3) is 0 Å². The van der Waals surface area contributed by atoms with Crippen molar-refractivity contribution in [3.63, 3.8) is 0 Å². The fourth-order valence-electron chi connectivity index (χ4n) is 2.69. The molecule has 0 spiro atoms. The van der Waals surface area contributed by atoms with Crippen LogP contribution in [0.4, 0.5) is 11.5 Å². The third-order valence-corrected chi connectivity index (χ3v) is 6.05. The van der Waals surface area contributed by atoms with Gasteiger partial charge in [0.2, 0.25) is 0 Å². The highest BCUT2D eigenvalue weighted by molar-refractivity contribution is 7.91. The minimum absolute atomic E-state index is 0.00164. The first-order chi connectivity index (χ1) is 11.8. The van der Waals surface area contributed by atoms with Gasteiger partial charge in [-0.3, -0.25) is 4.79 Å². The Morgan fingerprint density at radius 3 is 2.68 bits per heavy atom. The summed E-state index contributed by atoms with van der Waals surface area (Å²) in [5, 5.41) is 6.57. The number of nitrogens with one attached hydrogen (secondary N) is 2. The van der Waals surface area contributed by atoms with Crippen molar-refractivity contribution >= 4 is 38.9 Å². The molecular formula is C17H18ClN3O3S. The lowest BCUT2D eigenvalue weighted by molar-refractivity contribution is 0.0941. The molecule has 0 bridgehead atoms. The standard InChI is InChI=1S/C17H18ClN3O3S/c1-11-8-13(18)3-4-15(11)21-16-5-2-12(9-19-16)17(22)20-14-6-7-25(23,24)10-14/h2-5,8-9,14H,6-7,10H2,1H3,(H,19,21)(H,20,22). The number of benzene rings is 1. The van der Waals surface area contributed by atoms with E-state index in [1.807, 2.05) is 19.1 Å². The number of anilines is 2. The van der Waals surface area contributed by atoms with Crippen molar-refractivity contribution in [2.75, 3.05) is 16.8 Å². The Bertz CT molecular complexity index is 898. The fourth-order valence-corrected chi connectivity index (χ4v) is 4.59. The Morgan fingerprint density at radius 2 is 2.08 bits per heavy atom. The van der Waals surface area contributed by atoms with E-state index in [4.69, 9.17) is 11.6 Å². The molecule has 25 heavy (non-hydrogen) atoms. The van der Waals surface area contributed by atoms with Crippen molar-refractivity contribution in [3.8, 4) is 0 Å². The number of hydrogen-bond donors (Lipinski definition) is 2. The molecule has 1 amide bonds. The molecule has 1 fully saturated rings. The maximum absolute atomic E-state index is 12.2. The number of aromatic nitrogens is 1. The van der Waals surface area contributed by atoms with E-state index >= 15 is 0 Å². The van der Waals surface area contributed by atoms with E-state index in [0.29, 0.717) is 22.8 Å². The third-order valence-electron chi connectivity index (χ3n) is 4.04. The Hall–Kier alpha value is -2.12. The number of carbonyl (C=O) groups is 1. The van der Waals surface area contributed by atoms with Crippen molar-refractivity contribution in [1.29, 1.82) is 0 Å².